The number of carbonyl (C=O) groups excluding carboxylic acids is 1. The van der Waals surface area contributed by atoms with Crippen molar-refractivity contribution >= 4 is 21.7 Å². The van der Waals surface area contributed by atoms with Crippen molar-refractivity contribution in [2.75, 3.05) is 44.2 Å². The molecule has 8 nitrogen and oxygen atoms in total. The monoisotopic (exact) mass is 509 g/mol. The molecule has 36 heavy (non-hydrogen) atoms. The summed E-state index contributed by atoms with van der Waals surface area (Å²) >= 11 is 0. The van der Waals surface area contributed by atoms with Gasteiger partial charge in [-0.25, -0.2) is 22.8 Å². The number of hydrogen-bond acceptors (Lipinski definition) is 6. The maximum absolute atomic E-state index is 13.2. The van der Waals surface area contributed by atoms with Crippen LogP contribution >= 0.6 is 0 Å². The van der Waals surface area contributed by atoms with Gasteiger partial charge in [0.15, 0.2) is 0 Å². The van der Waals surface area contributed by atoms with Crippen molar-refractivity contribution in [2.24, 2.45) is 0 Å². The summed E-state index contributed by atoms with van der Waals surface area (Å²) in [5.41, 5.74) is 1.99. The lowest BCUT2D eigenvalue weighted by Gasteiger charge is -2.35. The van der Waals surface area contributed by atoms with Crippen molar-refractivity contribution < 1.29 is 17.6 Å². The Hall–Kier alpha value is -3.37. The molecule has 0 N–H and O–H groups in total. The highest BCUT2D eigenvalue weighted by Gasteiger charge is 2.27. The van der Waals surface area contributed by atoms with Gasteiger partial charge < -0.3 is 9.80 Å². The maximum atomic E-state index is 13.2. The zero-order valence-corrected chi connectivity index (χ0v) is 20.7. The Balaban J connectivity index is 1.22. The summed E-state index contributed by atoms with van der Waals surface area (Å²) < 4.78 is 40.5. The zero-order chi connectivity index (χ0) is 25.1. The molecule has 0 bridgehead atoms. The van der Waals surface area contributed by atoms with Crippen LogP contribution in [0.5, 0.6) is 0 Å². The van der Waals surface area contributed by atoms with E-state index >= 15 is 0 Å². The molecule has 0 radical (unpaired) electrons. The van der Waals surface area contributed by atoms with Crippen LogP contribution in [-0.4, -0.2) is 72.8 Å². The zero-order valence-electron chi connectivity index (χ0n) is 19.9. The van der Waals surface area contributed by atoms with Crippen LogP contribution in [-0.2, 0) is 10.0 Å². The summed E-state index contributed by atoms with van der Waals surface area (Å²) in [7, 11) is -3.52. The molecule has 1 amide bonds. The highest BCUT2D eigenvalue weighted by molar-refractivity contribution is 7.89. The van der Waals surface area contributed by atoms with E-state index in [4.69, 9.17) is 0 Å². The fraction of sp³-hybridized carbons (Fsp3) is 0.346. The maximum Gasteiger partial charge on any atom is 0.253 e. The van der Waals surface area contributed by atoms with Gasteiger partial charge in [0.2, 0.25) is 10.0 Å². The molecule has 2 aliphatic heterocycles. The van der Waals surface area contributed by atoms with Gasteiger partial charge in [-0.1, -0.05) is 6.42 Å². The standard InChI is InChI=1S/C26H28FN5O3S/c27-22-8-4-20(5-9-22)24-18-25(29-19-28-24)30-14-16-31(17-15-30)26(33)21-6-10-23(11-7-21)36(34,35)32-12-2-1-3-13-32/h4-11,18-19H,1-3,12-17H2. The van der Waals surface area contributed by atoms with Gasteiger partial charge in [-0.05, 0) is 61.4 Å². The number of halogens is 1. The van der Waals surface area contributed by atoms with Crippen molar-refractivity contribution in [3.8, 4) is 11.3 Å². The minimum absolute atomic E-state index is 0.119. The summed E-state index contributed by atoms with van der Waals surface area (Å²) in [6.45, 7) is 3.33. The van der Waals surface area contributed by atoms with Crippen LogP contribution in [0, 0.1) is 5.82 Å². The lowest BCUT2D eigenvalue weighted by Crippen LogP contribution is -2.49. The Morgan fingerprint density at radius 2 is 1.47 bits per heavy atom. The van der Waals surface area contributed by atoms with E-state index in [9.17, 15) is 17.6 Å². The first-order valence-electron chi connectivity index (χ1n) is 12.1. The van der Waals surface area contributed by atoms with Crippen molar-refractivity contribution in [1.82, 2.24) is 19.2 Å². The number of nitrogens with zero attached hydrogens (tertiary/aromatic N) is 5. The van der Waals surface area contributed by atoms with Crippen molar-refractivity contribution in [1.29, 1.82) is 0 Å². The number of piperidine rings is 1. The van der Waals surface area contributed by atoms with Gasteiger partial charge in [-0.3, -0.25) is 4.79 Å². The molecule has 10 heteroatoms. The molecule has 5 rings (SSSR count). The second kappa shape index (κ2) is 10.3. The highest BCUT2D eigenvalue weighted by Crippen LogP contribution is 2.24. The minimum Gasteiger partial charge on any atom is -0.353 e. The summed E-state index contributed by atoms with van der Waals surface area (Å²) in [6.07, 6.45) is 4.30. The molecule has 0 unspecified atom stereocenters. The number of piperazine rings is 1. The van der Waals surface area contributed by atoms with E-state index in [1.165, 1.54) is 34.9 Å². The average Bonchev–Trinajstić information content (AvgIpc) is 2.94. The third kappa shape index (κ3) is 5.10. The van der Waals surface area contributed by atoms with Gasteiger partial charge in [-0.2, -0.15) is 4.31 Å². The molecule has 188 valence electrons. The molecule has 2 saturated heterocycles. The first kappa shape index (κ1) is 24.3. The molecule has 2 aliphatic rings. The number of benzene rings is 2. The largest absolute Gasteiger partial charge is 0.353 e. The molecule has 0 atom stereocenters. The number of hydrogen-bond donors (Lipinski definition) is 0. The van der Waals surface area contributed by atoms with Gasteiger partial charge in [0.1, 0.15) is 18.0 Å². The molecule has 3 aromatic rings. The Kier molecular flexibility index (Phi) is 6.97. The van der Waals surface area contributed by atoms with Gasteiger partial charge in [0, 0.05) is 56.5 Å². The van der Waals surface area contributed by atoms with Crippen LogP contribution in [0.2, 0.25) is 0 Å². The normalized spacial score (nSPS) is 17.2. The molecule has 1 aromatic heterocycles. The summed E-state index contributed by atoms with van der Waals surface area (Å²) in [6, 6.07) is 14.3. The fourth-order valence-electron chi connectivity index (χ4n) is 4.64. The highest BCUT2D eigenvalue weighted by atomic mass is 32.2. The molecule has 0 aliphatic carbocycles. The minimum atomic E-state index is -3.52. The lowest BCUT2D eigenvalue weighted by molar-refractivity contribution is 0.0746. The van der Waals surface area contributed by atoms with Gasteiger partial charge in [-0.15, -0.1) is 0 Å². The van der Waals surface area contributed by atoms with E-state index in [1.54, 1.807) is 29.2 Å². The van der Waals surface area contributed by atoms with Crippen LogP contribution in [0.3, 0.4) is 0 Å². The second-order valence-electron chi connectivity index (χ2n) is 9.04. The van der Waals surface area contributed by atoms with E-state index < -0.39 is 10.0 Å². The first-order valence-corrected chi connectivity index (χ1v) is 13.6. The molecular formula is C26H28FN5O3S. The molecular weight excluding hydrogens is 481 g/mol. The molecule has 2 fully saturated rings. The third-order valence-electron chi connectivity index (χ3n) is 6.74. The van der Waals surface area contributed by atoms with Gasteiger partial charge in [0.05, 0.1) is 10.6 Å². The third-order valence-corrected chi connectivity index (χ3v) is 8.65. The summed E-state index contributed by atoms with van der Waals surface area (Å²) in [5, 5.41) is 0. The van der Waals surface area contributed by atoms with E-state index in [1.807, 2.05) is 6.07 Å². The number of carbonyl (C=O) groups is 1. The lowest BCUT2D eigenvalue weighted by atomic mass is 10.1. The quantitative estimate of drug-likeness (QED) is 0.524. The number of aromatic nitrogens is 2. The number of amides is 1. The van der Waals surface area contributed by atoms with E-state index in [0.717, 1.165) is 30.6 Å². The Labute approximate surface area is 210 Å². The smallest absolute Gasteiger partial charge is 0.253 e. The Morgan fingerprint density at radius 3 is 2.14 bits per heavy atom. The van der Waals surface area contributed by atoms with E-state index in [-0.39, 0.29) is 16.6 Å². The predicted molar refractivity (Wildman–Crippen MR) is 135 cm³/mol. The Morgan fingerprint density at radius 1 is 0.806 bits per heavy atom. The summed E-state index contributed by atoms with van der Waals surface area (Å²) in [5.74, 6) is 0.335. The van der Waals surface area contributed by atoms with Crippen molar-refractivity contribution in [2.45, 2.75) is 24.2 Å². The molecule has 3 heterocycles. The van der Waals surface area contributed by atoms with E-state index in [2.05, 4.69) is 14.9 Å². The van der Waals surface area contributed by atoms with Crippen molar-refractivity contribution in [3.05, 3.63) is 72.3 Å². The van der Waals surface area contributed by atoms with Crippen LogP contribution in [0.4, 0.5) is 10.2 Å². The van der Waals surface area contributed by atoms with Crippen LogP contribution < -0.4 is 4.90 Å². The van der Waals surface area contributed by atoms with Crippen LogP contribution in [0.25, 0.3) is 11.3 Å². The Bertz CT molecular complexity index is 1320. The first-order chi connectivity index (χ1) is 17.4. The summed E-state index contributed by atoms with van der Waals surface area (Å²) in [4.78, 5) is 25.8. The SMILES string of the molecule is O=C(c1ccc(S(=O)(=O)N2CCCCC2)cc1)N1CCN(c2cc(-c3ccc(F)cc3)ncn2)CC1. The van der Waals surface area contributed by atoms with Gasteiger partial charge in [0.25, 0.3) is 5.91 Å². The van der Waals surface area contributed by atoms with Crippen LogP contribution in [0.1, 0.15) is 29.6 Å². The fourth-order valence-corrected chi connectivity index (χ4v) is 6.16. The van der Waals surface area contributed by atoms with Crippen LogP contribution in [0.15, 0.2) is 65.8 Å². The second-order valence-corrected chi connectivity index (χ2v) is 11.0. The number of anilines is 1. The molecule has 0 spiro atoms. The van der Waals surface area contributed by atoms with E-state index in [0.29, 0.717) is 50.5 Å². The molecule has 0 saturated carbocycles. The topological polar surface area (TPSA) is 86.7 Å². The number of rotatable bonds is 5. The van der Waals surface area contributed by atoms with Crippen molar-refractivity contribution in [3.63, 3.8) is 0 Å². The average molecular weight is 510 g/mol. The molecule has 2 aromatic carbocycles. The predicted octanol–water partition coefficient (Wildman–Crippen LogP) is 3.42. The number of sulfonamides is 1. The van der Waals surface area contributed by atoms with Gasteiger partial charge >= 0.3 is 0 Å².